The summed E-state index contributed by atoms with van der Waals surface area (Å²) in [5.41, 5.74) is 1.93. The molecule has 0 aliphatic carbocycles. The number of methoxy groups -OCH3 is 1. The van der Waals surface area contributed by atoms with Gasteiger partial charge in [0.05, 0.1) is 48.8 Å². The summed E-state index contributed by atoms with van der Waals surface area (Å²) in [4.78, 5) is 32.1. The van der Waals surface area contributed by atoms with Crippen LogP contribution in [0.25, 0.3) is 6.08 Å². The highest BCUT2D eigenvalue weighted by Crippen LogP contribution is 2.36. The molecule has 0 saturated heterocycles. The number of fused-ring (bicyclic) bond motifs is 1. The van der Waals surface area contributed by atoms with E-state index in [-0.39, 0.29) is 24.0 Å². The zero-order valence-electron chi connectivity index (χ0n) is 21.4. The smallest absolute Gasteiger partial charge is 0.338 e. The number of nitrogens with zero attached hydrogens (tertiary/aromatic N) is 2. The van der Waals surface area contributed by atoms with E-state index in [1.54, 1.807) is 51.3 Å². The molecule has 4 rings (SSSR count). The zero-order chi connectivity index (χ0) is 27.7. The Bertz CT molecular complexity index is 1600. The van der Waals surface area contributed by atoms with E-state index in [0.29, 0.717) is 44.8 Å². The molecular formula is C27H26I2N2O6S. The van der Waals surface area contributed by atoms with Gasteiger partial charge in [-0.25, -0.2) is 9.79 Å². The molecule has 38 heavy (non-hydrogen) atoms. The summed E-state index contributed by atoms with van der Waals surface area (Å²) in [6.07, 6.45) is 1.71. The summed E-state index contributed by atoms with van der Waals surface area (Å²) < 4.78 is 20.2. The van der Waals surface area contributed by atoms with E-state index in [1.807, 2.05) is 19.9 Å². The Hall–Kier alpha value is -2.39. The lowest BCUT2D eigenvalue weighted by Crippen LogP contribution is -2.40. The fraction of sp³-hybridized carbons (Fsp3) is 0.296. The number of phenols is 1. The molecule has 0 spiro atoms. The van der Waals surface area contributed by atoms with E-state index in [9.17, 15) is 14.7 Å². The minimum atomic E-state index is -0.769. The van der Waals surface area contributed by atoms with E-state index in [1.165, 1.54) is 15.9 Å². The maximum absolute atomic E-state index is 13.8. The summed E-state index contributed by atoms with van der Waals surface area (Å²) in [7, 11) is 1.55. The van der Waals surface area contributed by atoms with Gasteiger partial charge in [-0.1, -0.05) is 17.4 Å². The molecule has 1 aliphatic rings. The monoisotopic (exact) mass is 760 g/mol. The summed E-state index contributed by atoms with van der Waals surface area (Å²) in [6, 6.07) is 8.23. The molecule has 3 aromatic rings. The maximum atomic E-state index is 13.8. The first kappa shape index (κ1) is 28.6. The second kappa shape index (κ2) is 11.8. The third-order valence-corrected chi connectivity index (χ3v) is 8.35. The summed E-state index contributed by atoms with van der Waals surface area (Å²) >= 11 is 5.36. The number of allylic oxidation sites excluding steroid dienone is 1. The van der Waals surface area contributed by atoms with E-state index in [0.717, 1.165) is 5.56 Å². The number of phenolic OH excluding ortho intramolecular Hbond substituents is 1. The second-order valence-corrected chi connectivity index (χ2v) is 12.0. The largest absolute Gasteiger partial charge is 0.506 e. The van der Waals surface area contributed by atoms with Crippen molar-refractivity contribution in [1.29, 1.82) is 0 Å². The first-order chi connectivity index (χ1) is 18.0. The number of aromatic hydroxyl groups is 1. The number of carbonyl (C=O) groups is 1. The molecule has 200 valence electrons. The van der Waals surface area contributed by atoms with Crippen molar-refractivity contribution in [2.45, 2.75) is 39.8 Å². The highest BCUT2D eigenvalue weighted by molar-refractivity contribution is 14.1. The van der Waals surface area contributed by atoms with Crippen molar-refractivity contribution in [1.82, 2.24) is 4.57 Å². The SMILES string of the molecule is CCOC(=O)C1=C(C)N=c2s/c(=C\c3cc(I)c(O)c(I)c3)c(=O)n2[C@H]1c1ccc(OC(C)C)c(OC)c1. The Labute approximate surface area is 250 Å². The molecule has 0 unspecified atom stereocenters. The fourth-order valence-corrected chi connectivity index (χ4v) is 7.00. The molecular weight excluding hydrogens is 734 g/mol. The van der Waals surface area contributed by atoms with Crippen LogP contribution in [0.5, 0.6) is 17.2 Å². The quantitative estimate of drug-likeness (QED) is 0.282. The molecule has 1 atom stereocenters. The molecule has 2 aromatic carbocycles. The highest BCUT2D eigenvalue weighted by atomic mass is 127. The Balaban J connectivity index is 1.95. The van der Waals surface area contributed by atoms with Crippen LogP contribution in [0.3, 0.4) is 0 Å². The number of esters is 1. The molecule has 1 aromatic heterocycles. The Kier molecular flexibility index (Phi) is 8.87. The van der Waals surface area contributed by atoms with Crippen molar-refractivity contribution in [3.05, 3.63) is 79.6 Å². The normalized spacial score (nSPS) is 15.4. The molecule has 8 nitrogen and oxygen atoms in total. The van der Waals surface area contributed by atoms with Crippen LogP contribution in [-0.4, -0.2) is 35.5 Å². The summed E-state index contributed by atoms with van der Waals surface area (Å²) in [5, 5.41) is 10.1. The molecule has 0 fully saturated rings. The standard InChI is InChI=1S/C27H26I2N2O6S/c1-6-36-26(34)22-14(4)30-27-31(23(22)16-7-8-19(37-13(2)3)20(12-16)35-5)25(33)21(38-27)11-15-9-17(28)24(32)18(29)10-15/h7-13,23,32H,6H2,1-5H3/b21-11-/t23-/m0/s1. The van der Waals surface area contributed by atoms with E-state index in [2.05, 4.69) is 50.2 Å². The van der Waals surface area contributed by atoms with Crippen LogP contribution in [0.4, 0.5) is 0 Å². The van der Waals surface area contributed by atoms with Crippen molar-refractivity contribution in [3.63, 3.8) is 0 Å². The number of carbonyl (C=O) groups excluding carboxylic acids is 1. The van der Waals surface area contributed by atoms with Crippen LogP contribution in [0.1, 0.15) is 44.9 Å². The first-order valence-electron chi connectivity index (χ1n) is 11.8. The van der Waals surface area contributed by atoms with Gasteiger partial charge in [-0.15, -0.1) is 0 Å². The van der Waals surface area contributed by atoms with Crippen molar-refractivity contribution >= 4 is 68.6 Å². The Morgan fingerprint density at radius 3 is 2.50 bits per heavy atom. The summed E-state index contributed by atoms with van der Waals surface area (Å²) in [5.74, 6) is 0.730. The van der Waals surface area contributed by atoms with Crippen LogP contribution in [0.2, 0.25) is 0 Å². The maximum Gasteiger partial charge on any atom is 0.338 e. The number of benzene rings is 2. The molecule has 1 N–H and O–H groups in total. The number of hydrogen-bond donors (Lipinski definition) is 1. The van der Waals surface area contributed by atoms with Gasteiger partial charge < -0.3 is 19.3 Å². The second-order valence-electron chi connectivity index (χ2n) is 8.71. The van der Waals surface area contributed by atoms with Gasteiger partial charge in [-0.2, -0.15) is 0 Å². The first-order valence-corrected chi connectivity index (χ1v) is 14.7. The van der Waals surface area contributed by atoms with Gasteiger partial charge in [0.15, 0.2) is 16.3 Å². The molecule has 0 amide bonds. The van der Waals surface area contributed by atoms with Crippen LogP contribution < -0.4 is 24.4 Å². The van der Waals surface area contributed by atoms with E-state index >= 15 is 0 Å². The number of hydrogen-bond acceptors (Lipinski definition) is 8. The van der Waals surface area contributed by atoms with Crippen molar-refractivity contribution in [2.75, 3.05) is 13.7 Å². The minimum absolute atomic E-state index is 0.0596. The minimum Gasteiger partial charge on any atom is -0.506 e. The van der Waals surface area contributed by atoms with Crippen molar-refractivity contribution < 1.29 is 24.1 Å². The topological polar surface area (TPSA) is 99.4 Å². The molecule has 11 heteroatoms. The van der Waals surface area contributed by atoms with Gasteiger partial charge in [-0.3, -0.25) is 9.36 Å². The molecule has 1 aliphatic heterocycles. The van der Waals surface area contributed by atoms with Gasteiger partial charge in [0.2, 0.25) is 0 Å². The Morgan fingerprint density at radius 2 is 1.89 bits per heavy atom. The number of thiazole rings is 1. The fourth-order valence-electron chi connectivity index (χ4n) is 4.13. The highest BCUT2D eigenvalue weighted by Gasteiger charge is 2.34. The molecule has 0 saturated carbocycles. The average Bonchev–Trinajstić information content (AvgIpc) is 3.15. The van der Waals surface area contributed by atoms with Gasteiger partial charge in [0, 0.05) is 0 Å². The average molecular weight is 760 g/mol. The molecule has 2 heterocycles. The van der Waals surface area contributed by atoms with E-state index < -0.39 is 12.0 Å². The van der Waals surface area contributed by atoms with Crippen LogP contribution in [-0.2, 0) is 9.53 Å². The van der Waals surface area contributed by atoms with Gasteiger partial charge in [0.25, 0.3) is 5.56 Å². The summed E-state index contributed by atoms with van der Waals surface area (Å²) in [6.45, 7) is 7.52. The van der Waals surface area contributed by atoms with Crippen molar-refractivity contribution in [3.8, 4) is 17.2 Å². The number of ether oxygens (including phenoxy) is 3. The lowest BCUT2D eigenvalue weighted by molar-refractivity contribution is -0.139. The van der Waals surface area contributed by atoms with Gasteiger partial charge in [0.1, 0.15) is 5.75 Å². The van der Waals surface area contributed by atoms with Crippen LogP contribution >= 0.6 is 56.5 Å². The number of halogens is 2. The zero-order valence-corrected chi connectivity index (χ0v) is 26.5. The predicted molar refractivity (Wildman–Crippen MR) is 163 cm³/mol. The van der Waals surface area contributed by atoms with Gasteiger partial charge >= 0.3 is 5.97 Å². The third kappa shape index (κ3) is 5.64. The lowest BCUT2D eigenvalue weighted by Gasteiger charge is -2.25. The number of aromatic nitrogens is 1. The van der Waals surface area contributed by atoms with Gasteiger partial charge in [-0.05, 0) is 114 Å². The van der Waals surface area contributed by atoms with Crippen LogP contribution in [0.15, 0.2) is 51.4 Å². The lowest BCUT2D eigenvalue weighted by atomic mass is 9.95. The molecule has 0 bridgehead atoms. The third-order valence-electron chi connectivity index (χ3n) is 5.72. The predicted octanol–water partition coefficient (Wildman–Crippen LogP) is 4.51. The van der Waals surface area contributed by atoms with Crippen molar-refractivity contribution in [2.24, 2.45) is 4.99 Å². The van der Waals surface area contributed by atoms with E-state index in [4.69, 9.17) is 14.2 Å². The molecule has 0 radical (unpaired) electrons. The Morgan fingerprint density at radius 1 is 1.21 bits per heavy atom. The van der Waals surface area contributed by atoms with Crippen LogP contribution in [0, 0.1) is 7.14 Å². The number of rotatable bonds is 7.